The van der Waals surface area contributed by atoms with Gasteiger partial charge < -0.3 is 14.8 Å². The summed E-state index contributed by atoms with van der Waals surface area (Å²) in [7, 11) is 3.33. The van der Waals surface area contributed by atoms with Crippen molar-refractivity contribution in [2.45, 2.75) is 32.2 Å². The second-order valence-electron chi connectivity index (χ2n) is 5.47. The molecule has 22 heavy (non-hydrogen) atoms. The molecule has 5 heteroatoms. The van der Waals surface area contributed by atoms with E-state index in [1.807, 2.05) is 18.2 Å². The van der Waals surface area contributed by atoms with E-state index in [4.69, 9.17) is 9.47 Å². The molecule has 1 atom stereocenters. The molecule has 1 N–H and O–H groups in total. The van der Waals surface area contributed by atoms with Crippen LogP contribution >= 0.6 is 0 Å². The number of aromatic nitrogens is 2. The zero-order valence-electron chi connectivity index (χ0n) is 13.2. The molecule has 3 rings (SSSR count). The summed E-state index contributed by atoms with van der Waals surface area (Å²) in [6.45, 7) is 2.10. The van der Waals surface area contributed by atoms with Gasteiger partial charge in [-0.3, -0.25) is 0 Å². The fourth-order valence-electron chi connectivity index (χ4n) is 2.94. The zero-order chi connectivity index (χ0) is 15.5. The molecule has 0 bridgehead atoms. The maximum absolute atomic E-state index is 5.49. The lowest BCUT2D eigenvalue weighted by molar-refractivity contribution is 0.390. The minimum absolute atomic E-state index is 0.0838. The topological polar surface area (TPSA) is 56.3 Å². The first-order valence-electron chi connectivity index (χ1n) is 7.54. The molecule has 116 valence electrons. The summed E-state index contributed by atoms with van der Waals surface area (Å²) in [6, 6.07) is 5.95. The van der Waals surface area contributed by atoms with Gasteiger partial charge in [-0.05, 0) is 38.3 Å². The van der Waals surface area contributed by atoms with Crippen molar-refractivity contribution < 1.29 is 9.47 Å². The van der Waals surface area contributed by atoms with Crippen LogP contribution in [0.4, 0.5) is 5.82 Å². The number of hydrogen-bond acceptors (Lipinski definition) is 5. The molecule has 1 aromatic carbocycles. The Kier molecular flexibility index (Phi) is 4.13. The van der Waals surface area contributed by atoms with Crippen LogP contribution < -0.4 is 14.8 Å². The van der Waals surface area contributed by atoms with Gasteiger partial charge in [0.15, 0.2) is 0 Å². The van der Waals surface area contributed by atoms with Crippen molar-refractivity contribution >= 4 is 5.82 Å². The Morgan fingerprint density at radius 1 is 1.14 bits per heavy atom. The predicted octanol–water partition coefficient (Wildman–Crippen LogP) is 3.16. The molecule has 0 saturated carbocycles. The number of rotatable bonds is 5. The Bertz CT molecular complexity index is 673. The molecule has 0 amide bonds. The fraction of sp³-hybridized carbons (Fsp3) is 0.412. The average Bonchev–Trinajstić information content (AvgIpc) is 3.03. The quantitative estimate of drug-likeness (QED) is 0.919. The SMILES string of the molecule is COc1ccc([C@@H](C)Nc2ncnc3c2CCC3)c(OC)c1. The number of fused-ring (bicyclic) bond motifs is 1. The van der Waals surface area contributed by atoms with Crippen LogP contribution in [0.15, 0.2) is 24.5 Å². The molecule has 0 fully saturated rings. The standard InChI is InChI=1S/C17H21N3O2/c1-11(13-8-7-12(21-2)9-16(13)22-3)20-17-14-5-4-6-15(14)18-10-19-17/h7-11H,4-6H2,1-3H3,(H,18,19,20)/t11-/m1/s1. The fourth-order valence-corrected chi connectivity index (χ4v) is 2.94. The van der Waals surface area contributed by atoms with Gasteiger partial charge in [0.2, 0.25) is 0 Å². The van der Waals surface area contributed by atoms with Crippen LogP contribution in [0.2, 0.25) is 0 Å². The third-order valence-corrected chi connectivity index (χ3v) is 4.14. The van der Waals surface area contributed by atoms with Crippen molar-refractivity contribution in [1.29, 1.82) is 0 Å². The minimum Gasteiger partial charge on any atom is -0.497 e. The van der Waals surface area contributed by atoms with Gasteiger partial charge in [0, 0.05) is 22.9 Å². The van der Waals surface area contributed by atoms with Crippen molar-refractivity contribution in [2.24, 2.45) is 0 Å². The van der Waals surface area contributed by atoms with E-state index >= 15 is 0 Å². The summed E-state index contributed by atoms with van der Waals surface area (Å²) in [5.41, 5.74) is 3.50. The minimum atomic E-state index is 0.0838. The van der Waals surface area contributed by atoms with E-state index in [0.29, 0.717) is 0 Å². The molecule has 2 aromatic rings. The Morgan fingerprint density at radius 3 is 2.77 bits per heavy atom. The number of nitrogens with one attached hydrogen (secondary N) is 1. The van der Waals surface area contributed by atoms with E-state index in [1.165, 1.54) is 11.3 Å². The van der Waals surface area contributed by atoms with Gasteiger partial charge in [-0.25, -0.2) is 9.97 Å². The first-order valence-corrected chi connectivity index (χ1v) is 7.54. The lowest BCUT2D eigenvalue weighted by Crippen LogP contribution is -2.11. The highest BCUT2D eigenvalue weighted by Gasteiger charge is 2.19. The van der Waals surface area contributed by atoms with E-state index in [9.17, 15) is 0 Å². The van der Waals surface area contributed by atoms with E-state index in [2.05, 4.69) is 22.2 Å². The highest BCUT2D eigenvalue weighted by atomic mass is 16.5. The van der Waals surface area contributed by atoms with E-state index < -0.39 is 0 Å². The summed E-state index contributed by atoms with van der Waals surface area (Å²) < 4.78 is 10.7. The Morgan fingerprint density at radius 2 is 2.00 bits per heavy atom. The number of benzene rings is 1. The number of nitrogens with zero attached hydrogens (tertiary/aromatic N) is 2. The van der Waals surface area contributed by atoms with Crippen molar-refractivity contribution in [1.82, 2.24) is 9.97 Å². The molecule has 1 aromatic heterocycles. The second-order valence-corrected chi connectivity index (χ2v) is 5.47. The summed E-state index contributed by atoms with van der Waals surface area (Å²) in [5, 5.41) is 3.50. The maximum Gasteiger partial charge on any atom is 0.133 e. The van der Waals surface area contributed by atoms with E-state index in [1.54, 1.807) is 20.5 Å². The van der Waals surface area contributed by atoms with Crippen LogP contribution in [0.5, 0.6) is 11.5 Å². The largest absolute Gasteiger partial charge is 0.497 e. The van der Waals surface area contributed by atoms with Gasteiger partial charge in [0.25, 0.3) is 0 Å². The van der Waals surface area contributed by atoms with Crippen LogP contribution in [0.1, 0.15) is 36.2 Å². The second kappa shape index (κ2) is 6.22. The molecule has 1 aliphatic rings. The monoisotopic (exact) mass is 299 g/mol. The molecule has 0 aliphatic heterocycles. The number of anilines is 1. The third-order valence-electron chi connectivity index (χ3n) is 4.14. The van der Waals surface area contributed by atoms with Gasteiger partial charge in [0.1, 0.15) is 23.6 Å². The first kappa shape index (κ1) is 14.6. The first-order chi connectivity index (χ1) is 10.7. The molecular weight excluding hydrogens is 278 g/mol. The van der Waals surface area contributed by atoms with Crippen LogP contribution in [-0.4, -0.2) is 24.2 Å². The number of aryl methyl sites for hydroxylation is 1. The molecule has 1 aliphatic carbocycles. The average molecular weight is 299 g/mol. The molecule has 0 unspecified atom stereocenters. The summed E-state index contributed by atoms with van der Waals surface area (Å²) >= 11 is 0. The van der Waals surface area contributed by atoms with Crippen LogP contribution in [0, 0.1) is 0 Å². The number of methoxy groups -OCH3 is 2. The zero-order valence-corrected chi connectivity index (χ0v) is 13.2. The Balaban J connectivity index is 1.86. The molecule has 0 saturated heterocycles. The predicted molar refractivity (Wildman–Crippen MR) is 85.6 cm³/mol. The van der Waals surface area contributed by atoms with Gasteiger partial charge in [0.05, 0.1) is 20.3 Å². The highest BCUT2D eigenvalue weighted by molar-refractivity contribution is 5.51. The number of hydrogen-bond donors (Lipinski definition) is 1. The van der Waals surface area contributed by atoms with Crippen LogP contribution in [0.3, 0.4) is 0 Å². The number of ether oxygens (including phenoxy) is 2. The summed E-state index contributed by atoms with van der Waals surface area (Å²) in [6.07, 6.45) is 4.89. The van der Waals surface area contributed by atoms with Crippen LogP contribution in [0.25, 0.3) is 0 Å². The third kappa shape index (κ3) is 2.71. The van der Waals surface area contributed by atoms with Gasteiger partial charge in [-0.15, -0.1) is 0 Å². The molecule has 1 heterocycles. The van der Waals surface area contributed by atoms with Crippen molar-refractivity contribution in [3.63, 3.8) is 0 Å². The molecule has 5 nitrogen and oxygen atoms in total. The molecule has 0 spiro atoms. The Hall–Kier alpha value is -2.30. The summed E-state index contributed by atoms with van der Waals surface area (Å²) in [5.74, 6) is 2.54. The smallest absolute Gasteiger partial charge is 0.133 e. The summed E-state index contributed by atoms with van der Waals surface area (Å²) in [4.78, 5) is 8.78. The highest BCUT2D eigenvalue weighted by Crippen LogP contribution is 2.33. The van der Waals surface area contributed by atoms with Gasteiger partial charge >= 0.3 is 0 Å². The van der Waals surface area contributed by atoms with Crippen molar-refractivity contribution in [3.05, 3.63) is 41.3 Å². The van der Waals surface area contributed by atoms with E-state index in [-0.39, 0.29) is 6.04 Å². The molecule has 0 radical (unpaired) electrons. The lowest BCUT2D eigenvalue weighted by atomic mass is 10.1. The molecular formula is C17H21N3O2. The van der Waals surface area contributed by atoms with E-state index in [0.717, 1.165) is 42.1 Å². The lowest BCUT2D eigenvalue weighted by Gasteiger charge is -2.19. The van der Waals surface area contributed by atoms with Crippen molar-refractivity contribution in [2.75, 3.05) is 19.5 Å². The van der Waals surface area contributed by atoms with Gasteiger partial charge in [-0.2, -0.15) is 0 Å². The van der Waals surface area contributed by atoms with Gasteiger partial charge in [-0.1, -0.05) is 0 Å². The van der Waals surface area contributed by atoms with Crippen LogP contribution in [-0.2, 0) is 12.8 Å². The normalized spacial score (nSPS) is 14.3. The Labute approximate surface area is 130 Å². The maximum atomic E-state index is 5.49. The van der Waals surface area contributed by atoms with Crippen molar-refractivity contribution in [3.8, 4) is 11.5 Å².